The molecule has 0 bridgehead atoms. The SMILES string of the molecule is CCCCCCCOc1ccccc1-c1ncncc1CCC1CCC(CCCCCCC)CC1. The van der Waals surface area contributed by atoms with Gasteiger partial charge in [-0.3, -0.25) is 0 Å². The highest BCUT2D eigenvalue weighted by Gasteiger charge is 2.21. The third-order valence-electron chi connectivity index (χ3n) is 7.94. The summed E-state index contributed by atoms with van der Waals surface area (Å²) in [5.41, 5.74) is 3.44. The van der Waals surface area contributed by atoms with Crippen LogP contribution in [-0.2, 0) is 6.42 Å². The Labute approximate surface area is 215 Å². The first-order valence-electron chi connectivity index (χ1n) is 14.8. The largest absolute Gasteiger partial charge is 0.493 e. The Morgan fingerprint density at radius 3 is 2.17 bits per heavy atom. The maximum absolute atomic E-state index is 6.23. The van der Waals surface area contributed by atoms with E-state index in [0.29, 0.717) is 0 Å². The van der Waals surface area contributed by atoms with Crippen LogP contribution in [0.15, 0.2) is 36.8 Å². The van der Waals surface area contributed by atoms with Gasteiger partial charge in [-0.2, -0.15) is 0 Å². The molecule has 1 aromatic heterocycles. The summed E-state index contributed by atoms with van der Waals surface area (Å²) < 4.78 is 6.23. The van der Waals surface area contributed by atoms with Crippen LogP contribution < -0.4 is 4.74 Å². The zero-order valence-corrected chi connectivity index (χ0v) is 22.6. The lowest BCUT2D eigenvalue weighted by atomic mass is 9.77. The van der Waals surface area contributed by atoms with Gasteiger partial charge in [-0.25, -0.2) is 9.97 Å². The highest BCUT2D eigenvalue weighted by Crippen LogP contribution is 2.36. The van der Waals surface area contributed by atoms with Gasteiger partial charge in [0, 0.05) is 11.8 Å². The Bertz CT molecular complexity index is 813. The number of ether oxygens (including phenoxy) is 1. The minimum atomic E-state index is 0.781. The number of para-hydroxylation sites is 1. The van der Waals surface area contributed by atoms with Gasteiger partial charge >= 0.3 is 0 Å². The number of aryl methyl sites for hydroxylation is 1. The summed E-state index contributed by atoms with van der Waals surface area (Å²) in [6.07, 6.45) is 26.5. The molecule has 0 amide bonds. The quantitative estimate of drug-likeness (QED) is 0.212. The predicted octanol–water partition coefficient (Wildman–Crippen LogP) is 9.59. The zero-order chi connectivity index (χ0) is 24.6. The van der Waals surface area contributed by atoms with Crippen molar-refractivity contribution in [2.75, 3.05) is 6.61 Å². The van der Waals surface area contributed by atoms with Gasteiger partial charge in [0.05, 0.1) is 12.3 Å². The zero-order valence-electron chi connectivity index (χ0n) is 22.6. The highest BCUT2D eigenvalue weighted by atomic mass is 16.5. The molecule has 1 saturated carbocycles. The molecule has 0 unspecified atom stereocenters. The van der Waals surface area contributed by atoms with Gasteiger partial charge < -0.3 is 4.74 Å². The molecule has 3 rings (SSSR count). The van der Waals surface area contributed by atoms with Crippen LogP contribution in [0.1, 0.15) is 122 Å². The average Bonchev–Trinajstić information content (AvgIpc) is 2.90. The lowest BCUT2D eigenvalue weighted by molar-refractivity contribution is 0.248. The van der Waals surface area contributed by atoms with Crippen molar-refractivity contribution in [3.05, 3.63) is 42.4 Å². The van der Waals surface area contributed by atoms with Crippen LogP contribution in [0.3, 0.4) is 0 Å². The maximum atomic E-state index is 6.23. The molecule has 2 aromatic rings. The maximum Gasteiger partial charge on any atom is 0.128 e. The van der Waals surface area contributed by atoms with Crippen LogP contribution in [0, 0.1) is 11.8 Å². The molecular formula is C32H50N2O. The molecule has 0 aliphatic heterocycles. The normalized spacial score (nSPS) is 18.0. The van der Waals surface area contributed by atoms with Crippen LogP contribution in [0.4, 0.5) is 0 Å². The molecule has 1 fully saturated rings. The molecule has 1 aromatic carbocycles. The van der Waals surface area contributed by atoms with E-state index in [1.54, 1.807) is 6.33 Å². The molecule has 3 nitrogen and oxygen atoms in total. The molecular weight excluding hydrogens is 428 g/mol. The number of nitrogens with zero attached hydrogens (tertiary/aromatic N) is 2. The van der Waals surface area contributed by atoms with E-state index in [0.717, 1.165) is 48.3 Å². The lowest BCUT2D eigenvalue weighted by Crippen LogP contribution is -2.15. The Balaban J connectivity index is 1.48. The summed E-state index contributed by atoms with van der Waals surface area (Å²) in [5.74, 6) is 2.80. The van der Waals surface area contributed by atoms with Crippen molar-refractivity contribution in [3.8, 4) is 17.0 Å². The summed E-state index contributed by atoms with van der Waals surface area (Å²) in [6.45, 7) is 5.34. The van der Waals surface area contributed by atoms with Crippen molar-refractivity contribution in [2.24, 2.45) is 11.8 Å². The average molecular weight is 479 g/mol. The molecule has 0 spiro atoms. The standard InChI is InChI=1S/C32H50N2O/c1-3-5-7-9-11-15-27-18-20-28(21-19-27)22-23-29-25-33-26-34-32(29)30-16-12-13-17-31(30)35-24-14-10-8-6-4-2/h12-13,16-17,25-28H,3-11,14-15,18-24H2,1-2H3. The summed E-state index contributed by atoms with van der Waals surface area (Å²) in [6, 6.07) is 8.42. The van der Waals surface area contributed by atoms with Crippen molar-refractivity contribution in [3.63, 3.8) is 0 Å². The van der Waals surface area contributed by atoms with Gasteiger partial charge in [-0.15, -0.1) is 0 Å². The van der Waals surface area contributed by atoms with Crippen molar-refractivity contribution in [1.29, 1.82) is 0 Å². The second-order valence-electron chi connectivity index (χ2n) is 10.8. The van der Waals surface area contributed by atoms with Gasteiger partial charge in [0.1, 0.15) is 12.1 Å². The Morgan fingerprint density at radius 2 is 1.43 bits per heavy atom. The van der Waals surface area contributed by atoms with E-state index in [1.807, 2.05) is 6.20 Å². The van der Waals surface area contributed by atoms with Crippen LogP contribution in [-0.4, -0.2) is 16.6 Å². The summed E-state index contributed by atoms with van der Waals surface area (Å²) >= 11 is 0. The Kier molecular flexibility index (Phi) is 13.2. The van der Waals surface area contributed by atoms with Crippen LogP contribution in [0.2, 0.25) is 0 Å². The predicted molar refractivity (Wildman–Crippen MR) is 149 cm³/mol. The van der Waals surface area contributed by atoms with Crippen molar-refractivity contribution < 1.29 is 4.74 Å². The van der Waals surface area contributed by atoms with E-state index in [9.17, 15) is 0 Å². The fourth-order valence-electron chi connectivity index (χ4n) is 5.66. The van der Waals surface area contributed by atoms with Gasteiger partial charge in [0.15, 0.2) is 0 Å². The molecule has 1 aliphatic rings. The minimum absolute atomic E-state index is 0.781. The molecule has 0 saturated heterocycles. The Morgan fingerprint density at radius 1 is 0.771 bits per heavy atom. The van der Waals surface area contributed by atoms with Crippen LogP contribution in [0.5, 0.6) is 5.75 Å². The van der Waals surface area contributed by atoms with E-state index in [1.165, 1.54) is 102 Å². The van der Waals surface area contributed by atoms with Gasteiger partial charge in [-0.1, -0.05) is 116 Å². The molecule has 35 heavy (non-hydrogen) atoms. The van der Waals surface area contributed by atoms with Crippen LogP contribution >= 0.6 is 0 Å². The number of unbranched alkanes of at least 4 members (excludes halogenated alkanes) is 8. The first kappa shape index (κ1) is 27.7. The second kappa shape index (κ2) is 16.7. The molecule has 0 radical (unpaired) electrons. The fraction of sp³-hybridized carbons (Fsp3) is 0.688. The van der Waals surface area contributed by atoms with Crippen molar-refractivity contribution in [1.82, 2.24) is 9.97 Å². The molecule has 3 heteroatoms. The molecule has 0 atom stereocenters. The smallest absolute Gasteiger partial charge is 0.128 e. The monoisotopic (exact) mass is 478 g/mol. The molecule has 194 valence electrons. The Hall–Kier alpha value is -1.90. The molecule has 1 heterocycles. The third-order valence-corrected chi connectivity index (χ3v) is 7.94. The van der Waals surface area contributed by atoms with E-state index < -0.39 is 0 Å². The van der Waals surface area contributed by atoms with Gasteiger partial charge in [0.2, 0.25) is 0 Å². The van der Waals surface area contributed by atoms with Gasteiger partial charge in [0.25, 0.3) is 0 Å². The third kappa shape index (κ3) is 9.94. The van der Waals surface area contributed by atoms with Crippen molar-refractivity contribution in [2.45, 2.75) is 123 Å². The topological polar surface area (TPSA) is 35.0 Å². The minimum Gasteiger partial charge on any atom is -0.493 e. The van der Waals surface area contributed by atoms with E-state index >= 15 is 0 Å². The van der Waals surface area contributed by atoms with Crippen LogP contribution in [0.25, 0.3) is 11.3 Å². The van der Waals surface area contributed by atoms with Crippen molar-refractivity contribution >= 4 is 0 Å². The molecule has 1 aliphatic carbocycles. The number of aromatic nitrogens is 2. The van der Waals surface area contributed by atoms with Gasteiger partial charge in [-0.05, 0) is 48.8 Å². The summed E-state index contributed by atoms with van der Waals surface area (Å²) in [7, 11) is 0. The summed E-state index contributed by atoms with van der Waals surface area (Å²) in [5, 5.41) is 0. The van der Waals surface area contributed by atoms with E-state index in [2.05, 4.69) is 43.1 Å². The fourth-order valence-corrected chi connectivity index (χ4v) is 5.66. The highest BCUT2D eigenvalue weighted by molar-refractivity contribution is 5.69. The first-order chi connectivity index (χ1) is 17.3. The van der Waals surface area contributed by atoms with E-state index in [4.69, 9.17) is 9.72 Å². The number of benzene rings is 1. The summed E-state index contributed by atoms with van der Waals surface area (Å²) in [4.78, 5) is 9.10. The molecule has 0 N–H and O–H groups in total. The number of hydrogen-bond acceptors (Lipinski definition) is 3. The first-order valence-corrected chi connectivity index (χ1v) is 14.8. The second-order valence-corrected chi connectivity index (χ2v) is 10.8. The van der Waals surface area contributed by atoms with E-state index in [-0.39, 0.29) is 0 Å². The number of rotatable bonds is 17. The lowest BCUT2D eigenvalue weighted by Gasteiger charge is -2.28. The number of hydrogen-bond donors (Lipinski definition) is 0.